The summed E-state index contributed by atoms with van der Waals surface area (Å²) in [7, 11) is 1.84. The summed E-state index contributed by atoms with van der Waals surface area (Å²) in [6.45, 7) is 2.91. The van der Waals surface area contributed by atoms with Crippen LogP contribution in [0.15, 0.2) is 93.1 Å². The minimum Gasteiger partial charge on any atom is -0.489 e. The van der Waals surface area contributed by atoms with Gasteiger partial charge in [-0.25, -0.2) is 14.6 Å². The smallest absolute Gasteiger partial charge is 0.440 e. The van der Waals surface area contributed by atoms with E-state index in [9.17, 15) is 14.4 Å². The molecule has 5 aromatic rings. The topological polar surface area (TPSA) is 124 Å². The van der Waals surface area contributed by atoms with E-state index in [1.807, 2.05) is 68.6 Å². The Balaban J connectivity index is 1.21. The van der Waals surface area contributed by atoms with E-state index in [4.69, 9.17) is 9.26 Å². The Bertz CT molecular complexity index is 1730. The average Bonchev–Trinajstić information content (AvgIpc) is 3.49. The van der Waals surface area contributed by atoms with Crippen molar-refractivity contribution in [3.63, 3.8) is 0 Å². The summed E-state index contributed by atoms with van der Waals surface area (Å²) in [5, 5.41) is 7.06. The fourth-order valence-electron chi connectivity index (χ4n) is 4.25. The van der Waals surface area contributed by atoms with Crippen molar-refractivity contribution in [3.05, 3.63) is 128 Å². The van der Waals surface area contributed by atoms with Gasteiger partial charge in [-0.05, 0) is 71.1 Å². The number of amides is 1. The van der Waals surface area contributed by atoms with Gasteiger partial charge in [0.15, 0.2) is 0 Å². The Morgan fingerprint density at radius 3 is 2.54 bits per heavy atom. The quantitative estimate of drug-likeness (QED) is 0.304. The molecule has 0 aliphatic carbocycles. The van der Waals surface area contributed by atoms with Crippen LogP contribution in [-0.2, 0) is 26.7 Å². The van der Waals surface area contributed by atoms with Crippen molar-refractivity contribution in [2.75, 3.05) is 0 Å². The molecule has 0 spiro atoms. The summed E-state index contributed by atoms with van der Waals surface area (Å²) < 4.78 is 13.4. The molecule has 0 saturated carbocycles. The van der Waals surface area contributed by atoms with Gasteiger partial charge in [-0.2, -0.15) is 5.10 Å². The Labute approximate surface area is 223 Å². The van der Waals surface area contributed by atoms with Crippen LogP contribution in [0.2, 0.25) is 0 Å². The molecule has 3 aromatic carbocycles. The van der Waals surface area contributed by atoms with Crippen LogP contribution in [-0.4, -0.2) is 25.4 Å². The number of nitrogens with one attached hydrogen (secondary N) is 2. The normalized spacial score (nSPS) is 10.9. The fraction of sp³-hybridized carbons (Fsp3) is 0.172. The highest BCUT2D eigenvalue weighted by Gasteiger charge is 2.11. The summed E-state index contributed by atoms with van der Waals surface area (Å²) in [6.07, 6.45) is 1.70. The van der Waals surface area contributed by atoms with E-state index in [0.717, 1.165) is 38.3 Å². The summed E-state index contributed by atoms with van der Waals surface area (Å²) >= 11 is 0. The number of hydrogen-bond donors (Lipinski definition) is 2. The van der Waals surface area contributed by atoms with Crippen molar-refractivity contribution in [1.82, 2.24) is 24.8 Å². The average molecular weight is 526 g/mol. The van der Waals surface area contributed by atoms with Crippen LogP contribution >= 0.6 is 0 Å². The molecule has 0 bridgehead atoms. The van der Waals surface area contributed by atoms with E-state index < -0.39 is 11.4 Å². The van der Waals surface area contributed by atoms with E-state index in [1.165, 1.54) is 0 Å². The zero-order valence-corrected chi connectivity index (χ0v) is 21.5. The molecule has 10 heteroatoms. The molecule has 0 unspecified atom stereocenters. The lowest BCUT2D eigenvalue weighted by molar-refractivity contribution is 0.0950. The van der Waals surface area contributed by atoms with E-state index in [0.29, 0.717) is 24.5 Å². The number of aryl methyl sites for hydroxylation is 2. The van der Waals surface area contributed by atoms with Crippen molar-refractivity contribution in [2.24, 2.45) is 7.05 Å². The van der Waals surface area contributed by atoms with E-state index in [2.05, 4.69) is 21.5 Å². The van der Waals surface area contributed by atoms with Crippen molar-refractivity contribution in [2.45, 2.75) is 26.6 Å². The Morgan fingerprint density at radius 2 is 1.85 bits per heavy atom. The number of ether oxygens (including phenoxy) is 1. The number of carbonyl (C=O) groups is 1. The Morgan fingerprint density at radius 1 is 1.03 bits per heavy atom. The monoisotopic (exact) mass is 525 g/mol. The molecule has 2 N–H and O–H groups in total. The van der Waals surface area contributed by atoms with Gasteiger partial charge in [0.1, 0.15) is 12.4 Å². The Kier molecular flexibility index (Phi) is 7.26. The third-order valence-corrected chi connectivity index (χ3v) is 6.36. The van der Waals surface area contributed by atoms with Gasteiger partial charge in [-0.15, -0.1) is 4.74 Å². The molecule has 0 fully saturated rings. The zero-order chi connectivity index (χ0) is 27.4. The molecule has 0 aliphatic rings. The number of hydrogen-bond acceptors (Lipinski definition) is 6. The first-order valence-electron chi connectivity index (χ1n) is 12.3. The molecule has 10 nitrogen and oxygen atoms in total. The van der Waals surface area contributed by atoms with Gasteiger partial charge >= 0.3 is 11.4 Å². The first-order valence-corrected chi connectivity index (χ1v) is 12.3. The van der Waals surface area contributed by atoms with Gasteiger partial charge in [0, 0.05) is 18.8 Å². The van der Waals surface area contributed by atoms with Crippen molar-refractivity contribution in [1.29, 1.82) is 0 Å². The molecule has 5 rings (SSSR count). The van der Waals surface area contributed by atoms with Gasteiger partial charge in [0.25, 0.3) is 5.91 Å². The number of aromatic amines is 1. The molecule has 0 radical (unpaired) electrons. The van der Waals surface area contributed by atoms with Crippen LogP contribution in [0.3, 0.4) is 0 Å². The summed E-state index contributed by atoms with van der Waals surface area (Å²) in [6, 6.07) is 22.9. The predicted molar refractivity (Wildman–Crippen MR) is 144 cm³/mol. The maximum atomic E-state index is 12.7. The van der Waals surface area contributed by atoms with Crippen LogP contribution in [0, 0.1) is 6.92 Å². The minimum atomic E-state index is -0.782. The molecule has 0 atom stereocenters. The van der Waals surface area contributed by atoms with Crippen LogP contribution in [0.25, 0.3) is 11.1 Å². The lowest BCUT2D eigenvalue weighted by atomic mass is 9.97. The summed E-state index contributed by atoms with van der Waals surface area (Å²) in [5.74, 6) is -0.246. The van der Waals surface area contributed by atoms with Crippen LogP contribution in [0.4, 0.5) is 0 Å². The second kappa shape index (κ2) is 11.1. The highest BCUT2D eigenvalue weighted by molar-refractivity contribution is 5.95. The van der Waals surface area contributed by atoms with Crippen molar-refractivity contribution in [3.8, 4) is 16.9 Å². The second-order valence-corrected chi connectivity index (χ2v) is 9.14. The van der Waals surface area contributed by atoms with Gasteiger partial charge in [0.05, 0.1) is 18.8 Å². The number of benzene rings is 3. The largest absolute Gasteiger partial charge is 0.489 e. The number of aromatic nitrogens is 4. The van der Waals surface area contributed by atoms with E-state index in [-0.39, 0.29) is 12.5 Å². The molecular formula is C29H27N5O5. The van der Waals surface area contributed by atoms with Crippen LogP contribution in [0.1, 0.15) is 32.7 Å². The van der Waals surface area contributed by atoms with Crippen molar-refractivity contribution >= 4 is 5.91 Å². The maximum absolute atomic E-state index is 12.7. The first kappa shape index (κ1) is 25.5. The lowest BCUT2D eigenvalue weighted by Crippen LogP contribution is -2.24. The summed E-state index contributed by atoms with van der Waals surface area (Å²) in [4.78, 5) is 37.5. The predicted octanol–water partition coefficient (Wildman–Crippen LogP) is 3.40. The Hall–Kier alpha value is -5.12. The van der Waals surface area contributed by atoms with Gasteiger partial charge in [-0.3, -0.25) is 9.48 Å². The number of nitrogens with zero attached hydrogens (tertiary/aromatic N) is 3. The lowest BCUT2D eigenvalue weighted by Gasteiger charge is -2.12. The van der Waals surface area contributed by atoms with Gasteiger partial charge < -0.3 is 14.6 Å². The molecule has 0 saturated heterocycles. The van der Waals surface area contributed by atoms with E-state index in [1.54, 1.807) is 23.0 Å². The molecule has 2 aromatic heterocycles. The standard InChI is InChI=1S/C29H27N5O5/c1-19-14-23(27(35)30-16-24-12-13-31-33(24)2)8-11-26(19)22-5-3-4-21(15-22)18-38-25-9-6-20(7-10-25)17-34-28(36)32-29(37)39-34/h3-15H,16-18H2,1-2H3,(H,30,35)(H,32,36,37). The number of carbonyl (C=O) groups excluding carboxylic acids is 1. The molecule has 0 aliphatic heterocycles. The molecule has 1 amide bonds. The molecular weight excluding hydrogens is 498 g/mol. The van der Waals surface area contributed by atoms with E-state index >= 15 is 0 Å². The summed E-state index contributed by atoms with van der Waals surface area (Å²) in [5.41, 5.74) is 5.79. The maximum Gasteiger partial charge on any atom is 0.440 e. The zero-order valence-electron chi connectivity index (χ0n) is 21.5. The third-order valence-electron chi connectivity index (χ3n) is 6.36. The SMILES string of the molecule is Cc1cc(C(=O)NCc2ccnn2C)ccc1-c1cccc(COc2ccc(Cn3oc(=O)[nH]c3=O)cc2)c1. The second-order valence-electron chi connectivity index (χ2n) is 9.14. The number of rotatable bonds is 9. The van der Waals surface area contributed by atoms with Crippen molar-refractivity contribution < 1.29 is 14.1 Å². The van der Waals surface area contributed by atoms with Crippen LogP contribution < -0.4 is 21.5 Å². The third kappa shape index (κ3) is 6.07. The molecule has 39 heavy (non-hydrogen) atoms. The fourth-order valence-corrected chi connectivity index (χ4v) is 4.25. The van der Waals surface area contributed by atoms with Crippen LogP contribution in [0.5, 0.6) is 5.75 Å². The highest BCUT2D eigenvalue weighted by atomic mass is 16.5. The molecule has 2 heterocycles. The number of H-pyrrole nitrogens is 1. The first-order chi connectivity index (χ1) is 18.9. The van der Waals surface area contributed by atoms with Gasteiger partial charge in [-0.1, -0.05) is 36.4 Å². The highest BCUT2D eigenvalue weighted by Crippen LogP contribution is 2.26. The molecule has 198 valence electrons. The minimum absolute atomic E-state index is 0.135. The van der Waals surface area contributed by atoms with Gasteiger partial charge in [0.2, 0.25) is 0 Å².